The largest absolute Gasteiger partial charge is 0.497 e. The maximum atomic E-state index is 12.8. The first kappa shape index (κ1) is 21.6. The number of thiazole rings is 1. The summed E-state index contributed by atoms with van der Waals surface area (Å²) >= 11 is 1.32. The summed E-state index contributed by atoms with van der Waals surface area (Å²) in [5.74, 6) is 0.622. The highest BCUT2D eigenvalue weighted by Crippen LogP contribution is 2.24. The summed E-state index contributed by atoms with van der Waals surface area (Å²) in [4.78, 5) is 29.6. The number of nitrogens with zero attached hydrogens (tertiary/aromatic N) is 2. The molecule has 0 fully saturated rings. The SMILES string of the molecule is CCOC(=O)Cn1c(=NC(=O)Cc2cc(C)ccc2OC)sc2cc(OC)ccc21. The highest BCUT2D eigenvalue weighted by Gasteiger charge is 2.14. The Balaban J connectivity index is 2.02. The van der Waals surface area contributed by atoms with Crippen molar-refractivity contribution in [2.45, 2.75) is 26.8 Å². The van der Waals surface area contributed by atoms with Crippen LogP contribution in [0.2, 0.25) is 0 Å². The van der Waals surface area contributed by atoms with Crippen LogP contribution in [0.4, 0.5) is 0 Å². The van der Waals surface area contributed by atoms with Crippen LogP contribution in [0.15, 0.2) is 41.4 Å². The third kappa shape index (κ3) is 4.88. The minimum Gasteiger partial charge on any atom is -0.497 e. The third-order valence-electron chi connectivity index (χ3n) is 4.48. The monoisotopic (exact) mass is 428 g/mol. The molecule has 3 rings (SSSR count). The second kappa shape index (κ2) is 9.58. The maximum absolute atomic E-state index is 12.8. The van der Waals surface area contributed by atoms with Crippen LogP contribution in [0.3, 0.4) is 0 Å². The van der Waals surface area contributed by atoms with Crippen molar-refractivity contribution in [3.8, 4) is 11.5 Å². The molecule has 8 heteroatoms. The van der Waals surface area contributed by atoms with E-state index in [1.807, 2.05) is 37.3 Å². The van der Waals surface area contributed by atoms with Gasteiger partial charge in [-0.3, -0.25) is 9.59 Å². The topological polar surface area (TPSA) is 79.1 Å². The summed E-state index contributed by atoms with van der Waals surface area (Å²) in [5.41, 5.74) is 2.59. The number of ether oxygens (including phenoxy) is 3. The normalized spacial score (nSPS) is 11.5. The number of hydrogen-bond donors (Lipinski definition) is 0. The molecule has 0 aliphatic carbocycles. The Bertz CT molecular complexity index is 1150. The van der Waals surface area contributed by atoms with Crippen LogP contribution in [0.5, 0.6) is 11.5 Å². The Hall–Kier alpha value is -3.13. The number of methoxy groups -OCH3 is 2. The van der Waals surface area contributed by atoms with Crippen LogP contribution in [0.1, 0.15) is 18.1 Å². The number of amides is 1. The van der Waals surface area contributed by atoms with Gasteiger partial charge in [-0.1, -0.05) is 29.0 Å². The van der Waals surface area contributed by atoms with E-state index < -0.39 is 0 Å². The molecule has 2 aromatic carbocycles. The van der Waals surface area contributed by atoms with E-state index >= 15 is 0 Å². The lowest BCUT2D eigenvalue weighted by molar-refractivity contribution is -0.143. The molecule has 30 heavy (non-hydrogen) atoms. The zero-order valence-corrected chi connectivity index (χ0v) is 18.2. The van der Waals surface area contributed by atoms with E-state index in [0.29, 0.717) is 16.3 Å². The predicted octanol–water partition coefficient (Wildman–Crippen LogP) is 3.26. The van der Waals surface area contributed by atoms with Crippen molar-refractivity contribution < 1.29 is 23.8 Å². The number of esters is 1. The second-order valence-corrected chi connectivity index (χ2v) is 7.62. The average Bonchev–Trinajstić information content (AvgIpc) is 3.04. The summed E-state index contributed by atoms with van der Waals surface area (Å²) in [6.07, 6.45) is 0.0990. The number of aromatic nitrogens is 1. The molecular formula is C22H24N2O5S. The van der Waals surface area contributed by atoms with E-state index in [2.05, 4.69) is 4.99 Å². The number of carbonyl (C=O) groups excluding carboxylic acids is 2. The lowest BCUT2D eigenvalue weighted by atomic mass is 10.1. The molecule has 7 nitrogen and oxygen atoms in total. The number of carbonyl (C=O) groups is 2. The Morgan fingerprint density at radius 3 is 2.60 bits per heavy atom. The number of fused-ring (bicyclic) bond motifs is 1. The van der Waals surface area contributed by atoms with Crippen molar-refractivity contribution >= 4 is 33.4 Å². The molecular weight excluding hydrogens is 404 g/mol. The van der Waals surface area contributed by atoms with E-state index in [1.165, 1.54) is 11.3 Å². The van der Waals surface area contributed by atoms with Crippen molar-refractivity contribution in [2.24, 2.45) is 4.99 Å². The summed E-state index contributed by atoms with van der Waals surface area (Å²) < 4.78 is 18.3. The molecule has 0 saturated carbocycles. The molecule has 1 heterocycles. The molecule has 1 amide bonds. The van der Waals surface area contributed by atoms with Gasteiger partial charge in [0.15, 0.2) is 4.80 Å². The van der Waals surface area contributed by atoms with Gasteiger partial charge in [0.25, 0.3) is 5.91 Å². The summed E-state index contributed by atoms with van der Waals surface area (Å²) in [5, 5.41) is 0. The van der Waals surface area contributed by atoms with Gasteiger partial charge in [-0.2, -0.15) is 4.99 Å². The van der Waals surface area contributed by atoms with E-state index in [4.69, 9.17) is 14.2 Å². The van der Waals surface area contributed by atoms with Gasteiger partial charge in [-0.05, 0) is 38.1 Å². The fraction of sp³-hybridized carbons (Fsp3) is 0.318. The van der Waals surface area contributed by atoms with Gasteiger partial charge in [0.2, 0.25) is 0 Å². The van der Waals surface area contributed by atoms with Crippen molar-refractivity contribution in [3.63, 3.8) is 0 Å². The van der Waals surface area contributed by atoms with Crippen LogP contribution in [-0.2, 0) is 27.3 Å². The Morgan fingerprint density at radius 2 is 1.90 bits per heavy atom. The van der Waals surface area contributed by atoms with Gasteiger partial charge in [0, 0.05) is 5.56 Å². The van der Waals surface area contributed by atoms with Crippen LogP contribution < -0.4 is 14.3 Å². The average molecular weight is 429 g/mol. The first-order chi connectivity index (χ1) is 14.4. The van der Waals surface area contributed by atoms with Crippen molar-refractivity contribution in [3.05, 3.63) is 52.3 Å². The van der Waals surface area contributed by atoms with E-state index in [0.717, 1.165) is 21.3 Å². The standard InChI is InChI=1S/C22H24N2O5S/c1-5-29-21(26)13-24-17-8-7-16(27-3)12-19(17)30-22(24)23-20(25)11-15-10-14(2)6-9-18(15)28-4/h6-10,12H,5,11,13H2,1-4H3. The predicted molar refractivity (Wildman–Crippen MR) is 115 cm³/mol. The lowest BCUT2D eigenvalue weighted by Crippen LogP contribution is -2.23. The minimum absolute atomic E-state index is 0.0277. The maximum Gasteiger partial charge on any atom is 0.326 e. The van der Waals surface area contributed by atoms with Crippen LogP contribution in [0, 0.1) is 6.92 Å². The Morgan fingerprint density at radius 1 is 1.10 bits per heavy atom. The number of benzene rings is 2. The van der Waals surface area contributed by atoms with E-state index in [9.17, 15) is 9.59 Å². The number of aryl methyl sites for hydroxylation is 1. The molecule has 0 atom stereocenters. The molecule has 3 aromatic rings. The highest BCUT2D eigenvalue weighted by molar-refractivity contribution is 7.16. The highest BCUT2D eigenvalue weighted by atomic mass is 32.1. The molecule has 1 aromatic heterocycles. The van der Waals surface area contributed by atoms with E-state index in [-0.39, 0.29) is 31.4 Å². The summed E-state index contributed by atoms with van der Waals surface area (Å²) in [6, 6.07) is 11.2. The molecule has 0 unspecified atom stereocenters. The molecule has 0 aliphatic heterocycles. The smallest absolute Gasteiger partial charge is 0.326 e. The van der Waals surface area contributed by atoms with Gasteiger partial charge < -0.3 is 18.8 Å². The van der Waals surface area contributed by atoms with Gasteiger partial charge in [-0.15, -0.1) is 0 Å². The molecule has 0 spiro atoms. The zero-order chi connectivity index (χ0) is 21.7. The molecule has 0 aliphatic rings. The summed E-state index contributed by atoms with van der Waals surface area (Å²) in [7, 11) is 3.16. The van der Waals surface area contributed by atoms with Crippen molar-refractivity contribution in [1.29, 1.82) is 0 Å². The fourth-order valence-corrected chi connectivity index (χ4v) is 4.18. The minimum atomic E-state index is -0.387. The van der Waals surface area contributed by atoms with Gasteiger partial charge in [-0.25, -0.2) is 0 Å². The zero-order valence-electron chi connectivity index (χ0n) is 17.4. The van der Waals surface area contributed by atoms with Gasteiger partial charge in [0.05, 0.1) is 37.5 Å². The fourth-order valence-electron chi connectivity index (χ4n) is 3.11. The van der Waals surface area contributed by atoms with Gasteiger partial charge >= 0.3 is 5.97 Å². The van der Waals surface area contributed by atoms with Crippen LogP contribution >= 0.6 is 11.3 Å². The van der Waals surface area contributed by atoms with Crippen LogP contribution in [-0.4, -0.2) is 37.3 Å². The Labute approximate surface area is 178 Å². The lowest BCUT2D eigenvalue weighted by Gasteiger charge is -2.08. The van der Waals surface area contributed by atoms with Crippen molar-refractivity contribution in [1.82, 2.24) is 4.57 Å². The van der Waals surface area contributed by atoms with Gasteiger partial charge in [0.1, 0.15) is 18.0 Å². The molecule has 0 saturated heterocycles. The second-order valence-electron chi connectivity index (χ2n) is 6.61. The summed E-state index contributed by atoms with van der Waals surface area (Å²) in [6.45, 7) is 3.97. The van der Waals surface area contributed by atoms with Crippen LogP contribution in [0.25, 0.3) is 10.2 Å². The first-order valence-electron chi connectivity index (χ1n) is 9.49. The van der Waals surface area contributed by atoms with E-state index in [1.54, 1.807) is 31.8 Å². The number of hydrogen-bond acceptors (Lipinski definition) is 6. The molecule has 158 valence electrons. The molecule has 0 N–H and O–H groups in total. The Kier molecular flexibility index (Phi) is 6.89. The quantitative estimate of drug-likeness (QED) is 0.540. The number of rotatable bonds is 7. The molecule has 0 radical (unpaired) electrons. The third-order valence-corrected chi connectivity index (χ3v) is 5.52. The first-order valence-corrected chi connectivity index (χ1v) is 10.3. The molecule has 0 bridgehead atoms. The van der Waals surface area contributed by atoms with Crippen molar-refractivity contribution in [2.75, 3.05) is 20.8 Å².